The number of benzene rings is 2. The highest BCUT2D eigenvalue weighted by molar-refractivity contribution is 9.10. The van der Waals surface area contributed by atoms with Crippen LogP contribution in [0.2, 0.25) is 0 Å². The van der Waals surface area contributed by atoms with E-state index in [0.717, 1.165) is 28.8 Å². The van der Waals surface area contributed by atoms with Gasteiger partial charge in [-0.2, -0.15) is 0 Å². The van der Waals surface area contributed by atoms with Crippen molar-refractivity contribution >= 4 is 33.2 Å². The standard InChI is InChI=1S/C18H21BrN2O/c1-4-21(5-2)16-9-10-17(13(3)11-16)20-18(22)14-7-6-8-15(19)12-14/h6-12H,4-5H2,1-3H3,(H,20,22). The molecule has 0 saturated carbocycles. The van der Waals surface area contributed by atoms with Crippen LogP contribution in [-0.2, 0) is 0 Å². The van der Waals surface area contributed by atoms with Gasteiger partial charge < -0.3 is 10.2 Å². The molecular weight excluding hydrogens is 340 g/mol. The Morgan fingerprint density at radius 3 is 2.45 bits per heavy atom. The molecule has 1 amide bonds. The zero-order chi connectivity index (χ0) is 16.1. The topological polar surface area (TPSA) is 32.3 Å². The molecule has 0 spiro atoms. The van der Waals surface area contributed by atoms with Gasteiger partial charge in [-0.3, -0.25) is 4.79 Å². The molecule has 0 heterocycles. The molecule has 0 saturated heterocycles. The Balaban J connectivity index is 2.18. The van der Waals surface area contributed by atoms with Crippen LogP contribution in [0.3, 0.4) is 0 Å². The van der Waals surface area contributed by atoms with E-state index in [1.807, 2.05) is 31.2 Å². The summed E-state index contributed by atoms with van der Waals surface area (Å²) in [6.45, 7) is 8.24. The lowest BCUT2D eigenvalue weighted by atomic mass is 10.1. The van der Waals surface area contributed by atoms with Crippen LogP contribution in [0.4, 0.5) is 11.4 Å². The summed E-state index contributed by atoms with van der Waals surface area (Å²) in [7, 11) is 0. The largest absolute Gasteiger partial charge is 0.372 e. The summed E-state index contributed by atoms with van der Waals surface area (Å²) in [5.41, 5.74) is 3.73. The Bertz CT molecular complexity index is 666. The number of nitrogens with one attached hydrogen (secondary N) is 1. The maximum absolute atomic E-state index is 12.3. The van der Waals surface area contributed by atoms with E-state index in [0.29, 0.717) is 5.56 Å². The predicted molar refractivity (Wildman–Crippen MR) is 96.8 cm³/mol. The van der Waals surface area contributed by atoms with Gasteiger partial charge in [-0.25, -0.2) is 0 Å². The van der Waals surface area contributed by atoms with Crippen LogP contribution < -0.4 is 10.2 Å². The smallest absolute Gasteiger partial charge is 0.255 e. The second kappa shape index (κ2) is 7.45. The number of hydrogen-bond donors (Lipinski definition) is 1. The van der Waals surface area contributed by atoms with Crippen molar-refractivity contribution in [3.63, 3.8) is 0 Å². The number of anilines is 2. The molecule has 2 aromatic carbocycles. The second-order valence-electron chi connectivity index (χ2n) is 5.14. The Labute approximate surface area is 140 Å². The van der Waals surface area contributed by atoms with E-state index in [1.165, 1.54) is 5.69 Å². The van der Waals surface area contributed by atoms with Crippen molar-refractivity contribution in [1.82, 2.24) is 0 Å². The Morgan fingerprint density at radius 1 is 1.14 bits per heavy atom. The van der Waals surface area contributed by atoms with Crippen LogP contribution in [0.25, 0.3) is 0 Å². The number of amides is 1. The molecule has 22 heavy (non-hydrogen) atoms. The van der Waals surface area contributed by atoms with Crippen molar-refractivity contribution in [1.29, 1.82) is 0 Å². The number of aryl methyl sites for hydroxylation is 1. The highest BCUT2D eigenvalue weighted by Gasteiger charge is 2.09. The molecule has 1 N–H and O–H groups in total. The van der Waals surface area contributed by atoms with E-state index in [2.05, 4.69) is 52.1 Å². The molecule has 0 bridgehead atoms. The third-order valence-electron chi connectivity index (χ3n) is 3.67. The van der Waals surface area contributed by atoms with Crippen LogP contribution in [0, 0.1) is 6.92 Å². The summed E-state index contributed by atoms with van der Waals surface area (Å²) in [6, 6.07) is 13.5. The molecule has 0 unspecified atom stereocenters. The molecule has 0 fully saturated rings. The van der Waals surface area contributed by atoms with E-state index in [9.17, 15) is 4.79 Å². The number of hydrogen-bond acceptors (Lipinski definition) is 2. The third-order valence-corrected chi connectivity index (χ3v) is 4.17. The Kier molecular flexibility index (Phi) is 5.61. The molecule has 116 valence electrons. The first-order valence-electron chi connectivity index (χ1n) is 7.47. The lowest BCUT2D eigenvalue weighted by molar-refractivity contribution is 0.102. The van der Waals surface area contributed by atoms with Crippen molar-refractivity contribution in [2.45, 2.75) is 20.8 Å². The van der Waals surface area contributed by atoms with Gasteiger partial charge in [-0.1, -0.05) is 22.0 Å². The maximum atomic E-state index is 12.3. The van der Waals surface area contributed by atoms with Crippen LogP contribution in [-0.4, -0.2) is 19.0 Å². The molecule has 4 heteroatoms. The van der Waals surface area contributed by atoms with Crippen LogP contribution >= 0.6 is 15.9 Å². The lowest BCUT2D eigenvalue weighted by Gasteiger charge is -2.22. The molecular formula is C18H21BrN2O. The lowest BCUT2D eigenvalue weighted by Crippen LogP contribution is -2.22. The zero-order valence-corrected chi connectivity index (χ0v) is 14.8. The van der Waals surface area contributed by atoms with E-state index in [-0.39, 0.29) is 5.91 Å². The number of rotatable bonds is 5. The molecule has 0 aliphatic heterocycles. The summed E-state index contributed by atoms with van der Waals surface area (Å²) in [4.78, 5) is 14.6. The average molecular weight is 361 g/mol. The first kappa shape index (κ1) is 16.6. The fraction of sp³-hybridized carbons (Fsp3) is 0.278. The van der Waals surface area contributed by atoms with Gasteiger partial charge in [-0.05, 0) is 62.7 Å². The zero-order valence-electron chi connectivity index (χ0n) is 13.2. The number of carbonyl (C=O) groups is 1. The molecule has 0 aromatic heterocycles. The molecule has 2 aromatic rings. The van der Waals surface area contributed by atoms with Gasteiger partial charge >= 0.3 is 0 Å². The SMILES string of the molecule is CCN(CC)c1ccc(NC(=O)c2cccc(Br)c2)c(C)c1. The number of nitrogens with zero attached hydrogens (tertiary/aromatic N) is 1. The van der Waals surface area contributed by atoms with Gasteiger partial charge in [0, 0.05) is 34.5 Å². The molecule has 0 atom stereocenters. The normalized spacial score (nSPS) is 10.4. The van der Waals surface area contributed by atoms with Crippen LogP contribution in [0.1, 0.15) is 29.8 Å². The minimum absolute atomic E-state index is 0.0972. The van der Waals surface area contributed by atoms with Crippen molar-refractivity contribution in [3.8, 4) is 0 Å². The maximum Gasteiger partial charge on any atom is 0.255 e. The van der Waals surface area contributed by atoms with Gasteiger partial charge in [0.25, 0.3) is 5.91 Å². The van der Waals surface area contributed by atoms with Crippen molar-refractivity contribution < 1.29 is 4.79 Å². The molecule has 2 rings (SSSR count). The monoisotopic (exact) mass is 360 g/mol. The third kappa shape index (κ3) is 3.89. The Morgan fingerprint density at radius 2 is 1.86 bits per heavy atom. The van der Waals surface area contributed by atoms with Gasteiger partial charge in [0.2, 0.25) is 0 Å². The van der Waals surface area contributed by atoms with Crippen molar-refractivity contribution in [3.05, 3.63) is 58.1 Å². The second-order valence-corrected chi connectivity index (χ2v) is 6.05. The molecule has 0 aliphatic rings. The quantitative estimate of drug-likeness (QED) is 0.825. The molecule has 0 aliphatic carbocycles. The summed E-state index contributed by atoms with van der Waals surface area (Å²) in [5, 5.41) is 2.98. The van der Waals surface area contributed by atoms with E-state index >= 15 is 0 Å². The summed E-state index contributed by atoms with van der Waals surface area (Å²) in [5.74, 6) is -0.0972. The fourth-order valence-corrected chi connectivity index (χ4v) is 2.80. The van der Waals surface area contributed by atoms with Gasteiger partial charge in [-0.15, -0.1) is 0 Å². The van der Waals surface area contributed by atoms with Crippen molar-refractivity contribution in [2.75, 3.05) is 23.3 Å². The van der Waals surface area contributed by atoms with Crippen LogP contribution in [0.5, 0.6) is 0 Å². The fourth-order valence-electron chi connectivity index (χ4n) is 2.40. The molecule has 3 nitrogen and oxygen atoms in total. The Hall–Kier alpha value is -1.81. The van der Waals surface area contributed by atoms with E-state index in [4.69, 9.17) is 0 Å². The highest BCUT2D eigenvalue weighted by atomic mass is 79.9. The first-order valence-corrected chi connectivity index (χ1v) is 8.27. The van der Waals surface area contributed by atoms with E-state index in [1.54, 1.807) is 6.07 Å². The number of halogens is 1. The van der Waals surface area contributed by atoms with E-state index < -0.39 is 0 Å². The average Bonchev–Trinajstić information content (AvgIpc) is 2.51. The molecule has 0 radical (unpaired) electrons. The number of carbonyl (C=O) groups excluding carboxylic acids is 1. The van der Waals surface area contributed by atoms with Crippen molar-refractivity contribution in [2.24, 2.45) is 0 Å². The highest BCUT2D eigenvalue weighted by Crippen LogP contribution is 2.23. The minimum Gasteiger partial charge on any atom is -0.372 e. The van der Waals surface area contributed by atoms with Crippen LogP contribution in [0.15, 0.2) is 46.9 Å². The minimum atomic E-state index is -0.0972. The van der Waals surface area contributed by atoms with Gasteiger partial charge in [0.15, 0.2) is 0 Å². The summed E-state index contributed by atoms with van der Waals surface area (Å²) in [6.07, 6.45) is 0. The predicted octanol–water partition coefficient (Wildman–Crippen LogP) is 4.86. The summed E-state index contributed by atoms with van der Waals surface area (Å²) < 4.78 is 0.897. The van der Waals surface area contributed by atoms with Gasteiger partial charge in [0.1, 0.15) is 0 Å². The summed E-state index contributed by atoms with van der Waals surface area (Å²) >= 11 is 3.39. The first-order chi connectivity index (χ1) is 10.5. The van der Waals surface area contributed by atoms with Gasteiger partial charge in [0.05, 0.1) is 0 Å².